The first kappa shape index (κ1) is 17.3. The maximum atomic E-state index is 3.84. The topological polar surface area (TPSA) is 12.0 Å². The van der Waals surface area contributed by atoms with Crippen molar-refractivity contribution in [2.24, 2.45) is 5.41 Å². The summed E-state index contributed by atoms with van der Waals surface area (Å²) in [6.07, 6.45) is 23.5. The zero-order valence-electron chi connectivity index (χ0n) is 14.6. The van der Waals surface area contributed by atoms with E-state index in [9.17, 15) is 0 Å². The van der Waals surface area contributed by atoms with Crippen molar-refractivity contribution in [3.63, 3.8) is 0 Å². The van der Waals surface area contributed by atoms with Crippen molar-refractivity contribution in [1.29, 1.82) is 0 Å². The van der Waals surface area contributed by atoms with E-state index in [2.05, 4.69) is 12.2 Å². The minimum Gasteiger partial charge on any atom is -0.313 e. The van der Waals surface area contributed by atoms with E-state index < -0.39 is 0 Å². The van der Waals surface area contributed by atoms with Crippen molar-refractivity contribution in [1.82, 2.24) is 5.32 Å². The van der Waals surface area contributed by atoms with Crippen LogP contribution in [0.1, 0.15) is 110 Å². The van der Waals surface area contributed by atoms with Crippen LogP contribution in [0, 0.1) is 5.41 Å². The van der Waals surface area contributed by atoms with Gasteiger partial charge in [0.25, 0.3) is 0 Å². The molecule has 1 N–H and O–H groups in total. The second kappa shape index (κ2) is 9.87. The van der Waals surface area contributed by atoms with Crippen molar-refractivity contribution < 1.29 is 0 Å². The van der Waals surface area contributed by atoms with Gasteiger partial charge in [0.05, 0.1) is 0 Å². The highest BCUT2D eigenvalue weighted by molar-refractivity contribution is 4.89. The van der Waals surface area contributed by atoms with Crippen molar-refractivity contribution >= 4 is 0 Å². The second-order valence-corrected chi connectivity index (χ2v) is 7.94. The Labute approximate surface area is 133 Å². The van der Waals surface area contributed by atoms with E-state index in [0.29, 0.717) is 5.41 Å². The number of unbranched alkanes of at least 4 members (excludes halogenated alkanes) is 7. The summed E-state index contributed by atoms with van der Waals surface area (Å²) < 4.78 is 0. The van der Waals surface area contributed by atoms with E-state index >= 15 is 0 Å². The van der Waals surface area contributed by atoms with Gasteiger partial charge in [-0.15, -0.1) is 0 Å². The molecule has 1 heteroatoms. The van der Waals surface area contributed by atoms with E-state index in [1.54, 1.807) is 0 Å². The van der Waals surface area contributed by atoms with Gasteiger partial charge in [0, 0.05) is 12.6 Å². The summed E-state index contributed by atoms with van der Waals surface area (Å²) in [7, 11) is 0. The predicted molar refractivity (Wildman–Crippen MR) is 93.8 cm³/mol. The van der Waals surface area contributed by atoms with Gasteiger partial charge in [-0.2, -0.15) is 0 Å². The van der Waals surface area contributed by atoms with Crippen LogP contribution in [0.15, 0.2) is 0 Å². The summed E-state index contributed by atoms with van der Waals surface area (Å²) in [4.78, 5) is 0. The molecule has 1 nitrogen and oxygen atoms in total. The minimum atomic E-state index is 0.684. The van der Waals surface area contributed by atoms with Gasteiger partial charge in [0.2, 0.25) is 0 Å². The Morgan fingerprint density at radius 3 is 2.05 bits per heavy atom. The third-order valence-corrected chi connectivity index (χ3v) is 5.82. The standard InChI is InChI=1S/C20H39N/c1-2-3-4-5-6-7-8-10-15-20(16-11-9-12-17-20)18-21-19-13-14-19/h19,21H,2-18H2,1H3. The van der Waals surface area contributed by atoms with Crippen molar-refractivity contribution in [3.8, 4) is 0 Å². The molecule has 2 rings (SSSR count). The fourth-order valence-corrected chi connectivity index (χ4v) is 4.10. The third kappa shape index (κ3) is 7.17. The second-order valence-electron chi connectivity index (χ2n) is 7.94. The zero-order chi connectivity index (χ0) is 14.8. The Hall–Kier alpha value is -0.0400. The molecular formula is C20H39N. The number of hydrogen-bond acceptors (Lipinski definition) is 1. The normalized spacial score (nSPS) is 21.6. The Bertz CT molecular complexity index is 251. The fraction of sp³-hybridized carbons (Fsp3) is 1.00. The summed E-state index contributed by atoms with van der Waals surface area (Å²) in [5.74, 6) is 0. The van der Waals surface area contributed by atoms with E-state index in [-0.39, 0.29) is 0 Å². The van der Waals surface area contributed by atoms with Crippen LogP contribution >= 0.6 is 0 Å². The Kier molecular flexibility index (Phi) is 8.14. The lowest BCUT2D eigenvalue weighted by Crippen LogP contribution is -2.37. The molecule has 21 heavy (non-hydrogen) atoms. The molecule has 0 aromatic carbocycles. The fourth-order valence-electron chi connectivity index (χ4n) is 4.10. The van der Waals surface area contributed by atoms with Crippen LogP contribution in [0.5, 0.6) is 0 Å². The molecule has 0 aromatic heterocycles. The van der Waals surface area contributed by atoms with Crippen molar-refractivity contribution in [2.75, 3.05) is 6.54 Å². The molecule has 0 unspecified atom stereocenters. The van der Waals surface area contributed by atoms with Gasteiger partial charge >= 0.3 is 0 Å². The van der Waals surface area contributed by atoms with Crippen molar-refractivity contribution in [3.05, 3.63) is 0 Å². The first-order chi connectivity index (χ1) is 10.3. The van der Waals surface area contributed by atoms with Gasteiger partial charge < -0.3 is 5.32 Å². The zero-order valence-corrected chi connectivity index (χ0v) is 14.6. The first-order valence-corrected chi connectivity index (χ1v) is 10.1. The molecule has 2 aliphatic rings. The van der Waals surface area contributed by atoms with Gasteiger partial charge in [-0.25, -0.2) is 0 Å². The predicted octanol–water partition coefficient (Wildman–Crippen LogP) is 6.22. The molecule has 0 saturated heterocycles. The van der Waals surface area contributed by atoms with E-state index in [1.165, 1.54) is 109 Å². The lowest BCUT2D eigenvalue weighted by molar-refractivity contribution is 0.160. The summed E-state index contributed by atoms with van der Waals surface area (Å²) in [6.45, 7) is 3.63. The highest BCUT2D eigenvalue weighted by Crippen LogP contribution is 2.41. The van der Waals surface area contributed by atoms with Gasteiger partial charge in [-0.05, 0) is 37.5 Å². The minimum absolute atomic E-state index is 0.684. The number of rotatable bonds is 12. The molecule has 0 radical (unpaired) electrons. The summed E-state index contributed by atoms with van der Waals surface area (Å²) >= 11 is 0. The van der Waals surface area contributed by atoms with E-state index in [1.807, 2.05) is 0 Å². The van der Waals surface area contributed by atoms with Gasteiger partial charge in [-0.3, -0.25) is 0 Å². The van der Waals surface area contributed by atoms with Gasteiger partial charge in [0.1, 0.15) is 0 Å². The van der Waals surface area contributed by atoms with E-state index in [0.717, 1.165) is 6.04 Å². The average Bonchev–Trinajstić information content (AvgIpc) is 3.33. The number of nitrogens with one attached hydrogen (secondary N) is 1. The van der Waals surface area contributed by atoms with Crippen LogP contribution in [0.25, 0.3) is 0 Å². The van der Waals surface area contributed by atoms with Crippen LogP contribution in [-0.4, -0.2) is 12.6 Å². The summed E-state index contributed by atoms with van der Waals surface area (Å²) in [6, 6.07) is 0.891. The Morgan fingerprint density at radius 1 is 0.810 bits per heavy atom. The molecule has 0 aromatic rings. The maximum absolute atomic E-state index is 3.84. The smallest absolute Gasteiger partial charge is 0.00684 e. The summed E-state index contributed by atoms with van der Waals surface area (Å²) in [5, 5.41) is 3.84. The maximum Gasteiger partial charge on any atom is 0.00684 e. The van der Waals surface area contributed by atoms with Crippen LogP contribution < -0.4 is 5.32 Å². The van der Waals surface area contributed by atoms with Crippen LogP contribution in [0.4, 0.5) is 0 Å². The lowest BCUT2D eigenvalue weighted by atomic mass is 9.70. The van der Waals surface area contributed by atoms with Crippen LogP contribution in [0.3, 0.4) is 0 Å². The highest BCUT2D eigenvalue weighted by Gasteiger charge is 2.33. The molecule has 0 aliphatic heterocycles. The van der Waals surface area contributed by atoms with E-state index in [4.69, 9.17) is 0 Å². The monoisotopic (exact) mass is 293 g/mol. The SMILES string of the molecule is CCCCCCCCCCC1(CNC2CC2)CCCCC1. The van der Waals surface area contributed by atoms with Crippen molar-refractivity contribution in [2.45, 2.75) is 116 Å². The Morgan fingerprint density at radius 2 is 1.43 bits per heavy atom. The molecule has 124 valence electrons. The summed E-state index contributed by atoms with van der Waals surface area (Å²) in [5.41, 5.74) is 0.684. The highest BCUT2D eigenvalue weighted by atomic mass is 15.0. The lowest BCUT2D eigenvalue weighted by Gasteiger charge is -2.38. The van der Waals surface area contributed by atoms with Crippen LogP contribution in [-0.2, 0) is 0 Å². The average molecular weight is 294 g/mol. The van der Waals surface area contributed by atoms with Crippen LogP contribution in [0.2, 0.25) is 0 Å². The number of hydrogen-bond donors (Lipinski definition) is 1. The molecule has 0 heterocycles. The molecule has 0 amide bonds. The molecule has 2 aliphatic carbocycles. The molecule has 0 atom stereocenters. The molecule has 0 spiro atoms. The molecule has 2 fully saturated rings. The largest absolute Gasteiger partial charge is 0.313 e. The Balaban J connectivity index is 1.55. The van der Waals surface area contributed by atoms with Gasteiger partial charge in [0.15, 0.2) is 0 Å². The quantitative estimate of drug-likeness (QED) is 0.421. The first-order valence-electron chi connectivity index (χ1n) is 10.1. The van der Waals surface area contributed by atoms with Gasteiger partial charge in [-0.1, -0.05) is 77.6 Å². The molecule has 0 bridgehead atoms. The molecule has 2 saturated carbocycles. The third-order valence-electron chi connectivity index (χ3n) is 5.82. The molecular weight excluding hydrogens is 254 g/mol.